The highest BCUT2D eigenvalue weighted by Crippen LogP contribution is 2.34. The van der Waals surface area contributed by atoms with Crippen LogP contribution in [0.4, 0.5) is 4.79 Å². The second kappa shape index (κ2) is 5.06. The minimum Gasteiger partial charge on any atom is -0.268 e. The molecule has 2 rings (SSSR count). The van der Waals surface area contributed by atoms with Gasteiger partial charge < -0.3 is 0 Å². The van der Waals surface area contributed by atoms with Crippen molar-refractivity contribution in [1.82, 2.24) is 4.90 Å². The van der Waals surface area contributed by atoms with E-state index in [4.69, 9.17) is 0 Å². The normalized spacial score (nSPS) is 20.4. The molecule has 1 aromatic rings. The zero-order valence-electron chi connectivity index (χ0n) is 9.67. The molecule has 0 bridgehead atoms. The third-order valence-corrected chi connectivity index (χ3v) is 4.37. The second-order valence-corrected chi connectivity index (χ2v) is 5.80. The molecular formula is C12H13NO2S2. The molecular weight excluding hydrogens is 254 g/mol. The summed E-state index contributed by atoms with van der Waals surface area (Å²) >= 11 is 2.59. The summed E-state index contributed by atoms with van der Waals surface area (Å²) in [6.45, 7) is 3.86. The number of thiophene rings is 1. The summed E-state index contributed by atoms with van der Waals surface area (Å²) in [5.41, 5.74) is 0. The van der Waals surface area contributed by atoms with Crippen molar-refractivity contribution in [2.75, 3.05) is 0 Å². The van der Waals surface area contributed by atoms with E-state index >= 15 is 0 Å². The standard InChI is InChI=1S/C12H13NO2S2/c1-3-8(2)13-11(14)10(17-12(13)15)7-9-5-4-6-16-9/h4-8H,3H2,1-2H3. The number of carbonyl (C=O) groups is 2. The van der Waals surface area contributed by atoms with Gasteiger partial charge in [-0.3, -0.25) is 14.5 Å². The maximum Gasteiger partial charge on any atom is 0.293 e. The molecule has 1 atom stereocenters. The van der Waals surface area contributed by atoms with Crippen molar-refractivity contribution in [3.8, 4) is 0 Å². The molecule has 5 heteroatoms. The molecule has 0 saturated carbocycles. The summed E-state index contributed by atoms with van der Waals surface area (Å²) in [5.74, 6) is -0.164. The van der Waals surface area contributed by atoms with Gasteiger partial charge in [-0.25, -0.2) is 0 Å². The minimum absolute atomic E-state index is 0.0308. The molecule has 17 heavy (non-hydrogen) atoms. The SMILES string of the molecule is CCC(C)N1C(=O)SC(=Cc2cccs2)C1=O. The maximum absolute atomic E-state index is 12.1. The fraction of sp³-hybridized carbons (Fsp3) is 0.333. The molecule has 0 radical (unpaired) electrons. The Balaban J connectivity index is 2.24. The fourth-order valence-corrected chi connectivity index (χ4v) is 3.20. The third kappa shape index (κ3) is 2.45. The number of imide groups is 1. The monoisotopic (exact) mass is 267 g/mol. The van der Waals surface area contributed by atoms with E-state index in [1.54, 1.807) is 17.4 Å². The van der Waals surface area contributed by atoms with Gasteiger partial charge in [0.05, 0.1) is 4.91 Å². The van der Waals surface area contributed by atoms with Crippen LogP contribution in [0.3, 0.4) is 0 Å². The van der Waals surface area contributed by atoms with E-state index in [9.17, 15) is 9.59 Å². The quantitative estimate of drug-likeness (QED) is 0.785. The molecule has 0 aliphatic carbocycles. The van der Waals surface area contributed by atoms with Crippen LogP contribution >= 0.6 is 23.1 Å². The van der Waals surface area contributed by atoms with Gasteiger partial charge in [-0.15, -0.1) is 11.3 Å². The van der Waals surface area contributed by atoms with Gasteiger partial charge in [-0.2, -0.15) is 0 Å². The Kier molecular flexibility index (Phi) is 3.69. The Hall–Kier alpha value is -1.07. The molecule has 1 aliphatic heterocycles. The van der Waals surface area contributed by atoms with Crippen LogP contribution in [0.15, 0.2) is 22.4 Å². The lowest BCUT2D eigenvalue weighted by Gasteiger charge is -2.19. The number of thioether (sulfide) groups is 1. The number of hydrogen-bond acceptors (Lipinski definition) is 4. The van der Waals surface area contributed by atoms with Gasteiger partial charge in [-0.05, 0) is 42.6 Å². The van der Waals surface area contributed by atoms with Crippen LogP contribution < -0.4 is 0 Å². The van der Waals surface area contributed by atoms with Crippen molar-refractivity contribution in [3.05, 3.63) is 27.3 Å². The average molecular weight is 267 g/mol. The highest BCUT2D eigenvalue weighted by Gasteiger charge is 2.37. The lowest BCUT2D eigenvalue weighted by atomic mass is 10.2. The largest absolute Gasteiger partial charge is 0.293 e. The van der Waals surface area contributed by atoms with Crippen molar-refractivity contribution >= 4 is 40.3 Å². The highest BCUT2D eigenvalue weighted by molar-refractivity contribution is 8.18. The van der Waals surface area contributed by atoms with Gasteiger partial charge in [0.15, 0.2) is 0 Å². The van der Waals surface area contributed by atoms with E-state index < -0.39 is 0 Å². The Morgan fingerprint density at radius 1 is 1.47 bits per heavy atom. The lowest BCUT2D eigenvalue weighted by molar-refractivity contribution is -0.124. The first-order valence-corrected chi connectivity index (χ1v) is 7.13. The molecule has 0 N–H and O–H groups in total. The molecule has 2 amide bonds. The Morgan fingerprint density at radius 3 is 2.82 bits per heavy atom. The van der Waals surface area contributed by atoms with Crippen LogP contribution in [0, 0.1) is 0 Å². The van der Waals surface area contributed by atoms with Crippen LogP contribution in [-0.2, 0) is 4.79 Å². The van der Waals surface area contributed by atoms with Gasteiger partial charge >= 0.3 is 0 Å². The van der Waals surface area contributed by atoms with E-state index in [0.717, 1.165) is 23.1 Å². The predicted octanol–water partition coefficient (Wildman–Crippen LogP) is 3.58. The second-order valence-electron chi connectivity index (χ2n) is 3.82. The molecule has 1 fully saturated rings. The first kappa shape index (κ1) is 12.4. The predicted molar refractivity (Wildman–Crippen MR) is 71.9 cm³/mol. The van der Waals surface area contributed by atoms with E-state index in [1.165, 1.54) is 4.90 Å². The number of hydrogen-bond donors (Lipinski definition) is 0. The summed E-state index contributed by atoms with van der Waals surface area (Å²) in [6, 6.07) is 3.83. The molecule has 1 saturated heterocycles. The van der Waals surface area contributed by atoms with Crippen molar-refractivity contribution < 1.29 is 9.59 Å². The number of amides is 2. The summed E-state index contributed by atoms with van der Waals surface area (Å²) in [5, 5.41) is 1.79. The van der Waals surface area contributed by atoms with Crippen LogP contribution in [0.1, 0.15) is 25.1 Å². The topological polar surface area (TPSA) is 37.4 Å². The minimum atomic E-state index is -0.164. The van der Waals surface area contributed by atoms with E-state index in [1.807, 2.05) is 31.4 Å². The molecule has 1 aliphatic rings. The summed E-state index contributed by atoms with van der Waals surface area (Å²) < 4.78 is 0. The fourth-order valence-electron chi connectivity index (χ4n) is 1.55. The van der Waals surface area contributed by atoms with Crippen molar-refractivity contribution in [2.45, 2.75) is 26.3 Å². The van der Waals surface area contributed by atoms with Gasteiger partial charge in [0.1, 0.15) is 0 Å². The van der Waals surface area contributed by atoms with E-state index in [0.29, 0.717) is 4.91 Å². The van der Waals surface area contributed by atoms with Gasteiger partial charge in [0.2, 0.25) is 0 Å². The van der Waals surface area contributed by atoms with Crippen molar-refractivity contribution in [3.63, 3.8) is 0 Å². The molecule has 2 heterocycles. The van der Waals surface area contributed by atoms with Crippen LogP contribution in [0.5, 0.6) is 0 Å². The highest BCUT2D eigenvalue weighted by atomic mass is 32.2. The summed E-state index contributed by atoms with van der Waals surface area (Å²) in [7, 11) is 0. The smallest absolute Gasteiger partial charge is 0.268 e. The zero-order chi connectivity index (χ0) is 12.4. The van der Waals surface area contributed by atoms with Gasteiger partial charge in [-0.1, -0.05) is 13.0 Å². The number of carbonyl (C=O) groups excluding carboxylic acids is 2. The van der Waals surface area contributed by atoms with Crippen molar-refractivity contribution in [2.24, 2.45) is 0 Å². The average Bonchev–Trinajstić information content (AvgIpc) is 2.89. The molecule has 1 aromatic heterocycles. The van der Waals surface area contributed by atoms with Gasteiger partial charge in [0, 0.05) is 10.9 Å². The summed E-state index contributed by atoms with van der Waals surface area (Å²) in [6.07, 6.45) is 2.57. The zero-order valence-corrected chi connectivity index (χ0v) is 11.3. The molecule has 90 valence electrons. The third-order valence-electron chi connectivity index (χ3n) is 2.67. The number of nitrogens with zero attached hydrogens (tertiary/aromatic N) is 1. The van der Waals surface area contributed by atoms with E-state index in [-0.39, 0.29) is 17.2 Å². The number of rotatable bonds is 3. The first-order chi connectivity index (χ1) is 8.13. The Bertz CT molecular complexity index is 465. The molecule has 0 aromatic carbocycles. The summed E-state index contributed by atoms with van der Waals surface area (Å²) in [4.78, 5) is 26.7. The lowest BCUT2D eigenvalue weighted by Crippen LogP contribution is -2.36. The first-order valence-electron chi connectivity index (χ1n) is 5.44. The van der Waals surface area contributed by atoms with Crippen LogP contribution in [-0.4, -0.2) is 22.1 Å². The van der Waals surface area contributed by atoms with E-state index in [2.05, 4.69) is 0 Å². The van der Waals surface area contributed by atoms with Crippen LogP contribution in [0.2, 0.25) is 0 Å². The Morgan fingerprint density at radius 2 is 2.24 bits per heavy atom. The van der Waals surface area contributed by atoms with Gasteiger partial charge in [0.25, 0.3) is 11.1 Å². The maximum atomic E-state index is 12.1. The van der Waals surface area contributed by atoms with Crippen LogP contribution in [0.25, 0.3) is 6.08 Å². The van der Waals surface area contributed by atoms with Crippen molar-refractivity contribution in [1.29, 1.82) is 0 Å². The molecule has 1 unspecified atom stereocenters. The Labute approximate surface area is 109 Å². The molecule has 3 nitrogen and oxygen atoms in total. The molecule has 0 spiro atoms.